The molecule has 2 aromatic rings. The second-order valence-electron chi connectivity index (χ2n) is 5.14. The van der Waals surface area contributed by atoms with Crippen LogP contribution in [0.2, 0.25) is 0 Å². The van der Waals surface area contributed by atoms with E-state index >= 15 is 0 Å². The van der Waals surface area contributed by atoms with E-state index in [1.165, 1.54) is 0 Å². The lowest BCUT2D eigenvalue weighted by atomic mass is 10.2. The number of para-hydroxylation sites is 1. The quantitative estimate of drug-likeness (QED) is 0.762. The number of hydrogen-bond donors (Lipinski definition) is 1. The first kappa shape index (κ1) is 16.6. The van der Waals surface area contributed by atoms with Crippen molar-refractivity contribution in [2.24, 2.45) is 0 Å². The SMILES string of the molecule is C=CCOc1ccc(C(=O)NCCN(C)c2ccccc2)cc1. The fourth-order valence-corrected chi connectivity index (χ4v) is 2.11. The molecule has 0 aliphatic rings. The third-order valence-corrected chi connectivity index (χ3v) is 3.41. The Morgan fingerprint density at radius 1 is 1.17 bits per heavy atom. The zero-order chi connectivity index (χ0) is 16.5. The summed E-state index contributed by atoms with van der Waals surface area (Å²) in [6.07, 6.45) is 1.68. The van der Waals surface area contributed by atoms with Crippen LogP contribution in [0, 0.1) is 0 Å². The molecule has 0 atom stereocenters. The van der Waals surface area contributed by atoms with E-state index in [1.807, 2.05) is 37.4 Å². The molecule has 2 aromatic carbocycles. The first-order valence-electron chi connectivity index (χ1n) is 7.59. The van der Waals surface area contributed by atoms with Crippen LogP contribution in [0.25, 0.3) is 0 Å². The Labute approximate surface area is 137 Å². The van der Waals surface area contributed by atoms with Crippen LogP contribution in [0.5, 0.6) is 5.75 Å². The maximum absolute atomic E-state index is 12.1. The Hall–Kier alpha value is -2.75. The Bertz CT molecular complexity index is 624. The highest BCUT2D eigenvalue weighted by Gasteiger charge is 2.06. The van der Waals surface area contributed by atoms with Gasteiger partial charge in [0.05, 0.1) is 0 Å². The Kier molecular flexibility index (Phi) is 6.24. The minimum absolute atomic E-state index is 0.0817. The van der Waals surface area contributed by atoms with E-state index < -0.39 is 0 Å². The summed E-state index contributed by atoms with van der Waals surface area (Å²) in [5, 5.41) is 2.92. The van der Waals surface area contributed by atoms with Crippen molar-refractivity contribution in [1.82, 2.24) is 5.32 Å². The smallest absolute Gasteiger partial charge is 0.251 e. The van der Waals surface area contributed by atoms with E-state index in [0.29, 0.717) is 18.7 Å². The zero-order valence-corrected chi connectivity index (χ0v) is 13.4. The van der Waals surface area contributed by atoms with Gasteiger partial charge < -0.3 is 15.0 Å². The molecule has 4 nitrogen and oxygen atoms in total. The maximum Gasteiger partial charge on any atom is 0.251 e. The summed E-state index contributed by atoms with van der Waals surface area (Å²) < 4.78 is 5.40. The largest absolute Gasteiger partial charge is 0.490 e. The van der Waals surface area contributed by atoms with Crippen molar-refractivity contribution in [2.75, 3.05) is 31.6 Å². The third-order valence-electron chi connectivity index (χ3n) is 3.41. The topological polar surface area (TPSA) is 41.6 Å². The van der Waals surface area contributed by atoms with Gasteiger partial charge in [-0.25, -0.2) is 0 Å². The minimum Gasteiger partial charge on any atom is -0.490 e. The molecule has 0 saturated heterocycles. The molecule has 23 heavy (non-hydrogen) atoms. The van der Waals surface area contributed by atoms with Gasteiger partial charge in [0, 0.05) is 31.4 Å². The fraction of sp³-hybridized carbons (Fsp3) is 0.211. The number of hydrogen-bond acceptors (Lipinski definition) is 3. The molecule has 0 aliphatic heterocycles. The number of nitrogens with one attached hydrogen (secondary N) is 1. The van der Waals surface area contributed by atoms with E-state index in [4.69, 9.17) is 4.74 Å². The lowest BCUT2D eigenvalue weighted by Crippen LogP contribution is -2.32. The van der Waals surface area contributed by atoms with Crippen molar-refractivity contribution in [3.8, 4) is 5.75 Å². The van der Waals surface area contributed by atoms with Crippen LogP contribution in [0.4, 0.5) is 5.69 Å². The highest BCUT2D eigenvalue weighted by molar-refractivity contribution is 5.94. The number of rotatable bonds is 8. The summed E-state index contributed by atoms with van der Waals surface area (Å²) in [5.74, 6) is 0.645. The summed E-state index contributed by atoms with van der Waals surface area (Å²) >= 11 is 0. The van der Waals surface area contributed by atoms with Gasteiger partial charge in [0.25, 0.3) is 5.91 Å². The van der Waals surface area contributed by atoms with Crippen LogP contribution >= 0.6 is 0 Å². The van der Waals surface area contributed by atoms with E-state index in [0.717, 1.165) is 18.0 Å². The van der Waals surface area contributed by atoms with Gasteiger partial charge in [-0.2, -0.15) is 0 Å². The molecular formula is C19H22N2O2. The van der Waals surface area contributed by atoms with Crippen LogP contribution in [0.3, 0.4) is 0 Å². The van der Waals surface area contributed by atoms with E-state index in [2.05, 4.69) is 16.8 Å². The maximum atomic E-state index is 12.1. The predicted molar refractivity (Wildman–Crippen MR) is 94.2 cm³/mol. The van der Waals surface area contributed by atoms with Crippen LogP contribution in [-0.2, 0) is 0 Å². The molecule has 0 fully saturated rings. The zero-order valence-electron chi connectivity index (χ0n) is 13.4. The first-order valence-corrected chi connectivity index (χ1v) is 7.59. The number of anilines is 1. The monoisotopic (exact) mass is 310 g/mol. The van der Waals surface area contributed by atoms with Crippen molar-refractivity contribution in [3.63, 3.8) is 0 Å². The van der Waals surface area contributed by atoms with Crippen molar-refractivity contribution in [2.45, 2.75) is 0 Å². The van der Waals surface area contributed by atoms with Crippen LogP contribution < -0.4 is 15.0 Å². The molecule has 1 amide bonds. The van der Waals surface area contributed by atoms with E-state index in [1.54, 1.807) is 30.3 Å². The van der Waals surface area contributed by atoms with Crippen LogP contribution in [0.15, 0.2) is 67.3 Å². The lowest BCUT2D eigenvalue weighted by molar-refractivity contribution is 0.0954. The first-order chi connectivity index (χ1) is 11.2. The molecule has 0 heterocycles. The minimum atomic E-state index is -0.0817. The van der Waals surface area contributed by atoms with Gasteiger partial charge in [0.1, 0.15) is 12.4 Å². The third kappa shape index (κ3) is 5.18. The second kappa shape index (κ2) is 8.63. The average molecular weight is 310 g/mol. The molecule has 2 rings (SSSR count). The average Bonchev–Trinajstić information content (AvgIpc) is 2.61. The normalized spacial score (nSPS) is 9.96. The number of amides is 1. The molecule has 0 unspecified atom stereocenters. The predicted octanol–water partition coefficient (Wildman–Crippen LogP) is 3.12. The number of likely N-dealkylation sites (N-methyl/N-ethyl adjacent to an activating group) is 1. The summed E-state index contributed by atoms with van der Waals surface area (Å²) in [6.45, 7) is 5.38. The Morgan fingerprint density at radius 2 is 1.87 bits per heavy atom. The number of benzene rings is 2. The van der Waals surface area contributed by atoms with Gasteiger partial charge in [-0.3, -0.25) is 4.79 Å². The van der Waals surface area contributed by atoms with Gasteiger partial charge in [-0.1, -0.05) is 30.9 Å². The summed E-state index contributed by atoms with van der Waals surface area (Å²) in [7, 11) is 2.01. The summed E-state index contributed by atoms with van der Waals surface area (Å²) in [4.78, 5) is 14.2. The van der Waals surface area contributed by atoms with Gasteiger partial charge in [0.2, 0.25) is 0 Å². The summed E-state index contributed by atoms with van der Waals surface area (Å²) in [6, 6.07) is 17.2. The van der Waals surface area contributed by atoms with Crippen molar-refractivity contribution in [1.29, 1.82) is 0 Å². The van der Waals surface area contributed by atoms with Crippen molar-refractivity contribution >= 4 is 11.6 Å². The van der Waals surface area contributed by atoms with E-state index in [-0.39, 0.29) is 5.91 Å². The van der Waals surface area contributed by atoms with Crippen LogP contribution in [-0.4, -0.2) is 32.7 Å². The van der Waals surface area contributed by atoms with Gasteiger partial charge in [-0.15, -0.1) is 0 Å². The molecule has 0 aromatic heterocycles. The van der Waals surface area contributed by atoms with Crippen molar-refractivity contribution < 1.29 is 9.53 Å². The van der Waals surface area contributed by atoms with E-state index in [9.17, 15) is 4.79 Å². The molecule has 4 heteroatoms. The van der Waals surface area contributed by atoms with Gasteiger partial charge >= 0.3 is 0 Å². The molecule has 0 spiro atoms. The Balaban J connectivity index is 1.79. The molecule has 120 valence electrons. The molecule has 0 aliphatic carbocycles. The standard InChI is InChI=1S/C19H22N2O2/c1-3-15-23-18-11-9-16(10-12-18)19(22)20-13-14-21(2)17-7-5-4-6-8-17/h3-12H,1,13-15H2,2H3,(H,20,22). The molecular weight excluding hydrogens is 288 g/mol. The van der Waals surface area contributed by atoms with Crippen LogP contribution in [0.1, 0.15) is 10.4 Å². The summed E-state index contributed by atoms with van der Waals surface area (Å²) in [5.41, 5.74) is 1.75. The molecule has 1 N–H and O–H groups in total. The number of ether oxygens (including phenoxy) is 1. The lowest BCUT2D eigenvalue weighted by Gasteiger charge is -2.19. The molecule has 0 radical (unpaired) electrons. The van der Waals surface area contributed by atoms with Gasteiger partial charge in [0.15, 0.2) is 0 Å². The molecule has 0 saturated carbocycles. The number of nitrogens with zero attached hydrogens (tertiary/aromatic N) is 1. The van der Waals surface area contributed by atoms with Gasteiger partial charge in [-0.05, 0) is 36.4 Å². The molecule has 0 bridgehead atoms. The second-order valence-corrected chi connectivity index (χ2v) is 5.14. The number of carbonyl (C=O) groups is 1. The Morgan fingerprint density at radius 3 is 2.52 bits per heavy atom. The number of carbonyl (C=O) groups excluding carboxylic acids is 1. The highest BCUT2D eigenvalue weighted by atomic mass is 16.5. The highest BCUT2D eigenvalue weighted by Crippen LogP contribution is 2.12. The van der Waals surface area contributed by atoms with Crippen molar-refractivity contribution in [3.05, 3.63) is 72.8 Å². The fourth-order valence-electron chi connectivity index (χ4n) is 2.11.